The van der Waals surface area contributed by atoms with E-state index in [1.165, 1.54) is 41.9 Å². The monoisotopic (exact) mass is 251 g/mol. The van der Waals surface area contributed by atoms with Gasteiger partial charge in [-0.05, 0) is 6.07 Å². The van der Waals surface area contributed by atoms with Crippen LogP contribution in [0.4, 0.5) is 0 Å². The molecule has 0 saturated heterocycles. The lowest BCUT2D eigenvalue weighted by molar-refractivity contribution is 0.701. The van der Waals surface area contributed by atoms with Crippen molar-refractivity contribution < 1.29 is 0 Å². The number of hydrogen-bond acceptors (Lipinski definition) is 0. The molecule has 0 atom stereocenters. The summed E-state index contributed by atoms with van der Waals surface area (Å²) in [6, 6.07) is 8.47. The summed E-state index contributed by atoms with van der Waals surface area (Å²) in [7, 11) is 2.32. The van der Waals surface area contributed by atoms with Gasteiger partial charge in [0.25, 0.3) is 0 Å². The maximum Gasteiger partial charge on any atom is 0.0141 e. The Morgan fingerprint density at radius 1 is 1.21 bits per heavy atom. The van der Waals surface area contributed by atoms with E-state index >= 15 is 0 Å². The lowest BCUT2D eigenvalue weighted by Crippen LogP contribution is -2.12. The van der Waals surface area contributed by atoms with Crippen LogP contribution in [-0.4, -0.2) is 7.28 Å². The van der Waals surface area contributed by atoms with E-state index in [1.807, 2.05) is 0 Å². The van der Waals surface area contributed by atoms with Gasteiger partial charge < -0.3 is 0 Å². The Hall–Kier alpha value is -0.235. The standard InChI is InChI=1S/C12H17BBr/c1-2-3-4-5-9-13-11-7-6-8-12(14)10-11/h6-8,10H,2-5,9H2,1H3/q-1. The number of unbranched alkanes of at least 4 members (excludes halogenated alkanes) is 3. The molecule has 76 valence electrons. The minimum atomic E-state index is 1.17. The summed E-state index contributed by atoms with van der Waals surface area (Å²) < 4.78 is 1.17. The number of halogens is 1. The fraction of sp³-hybridized carbons (Fsp3) is 0.500. The highest BCUT2D eigenvalue weighted by molar-refractivity contribution is 9.10. The predicted octanol–water partition coefficient (Wildman–Crippen LogP) is 3.78. The SMILES string of the molecule is CCCCCC[B-]c1cccc(Br)c1. The van der Waals surface area contributed by atoms with Gasteiger partial charge in [-0.25, -0.2) is 6.32 Å². The molecule has 0 heterocycles. The number of rotatable bonds is 6. The molecule has 2 heteroatoms. The number of hydrogen-bond donors (Lipinski definition) is 0. The molecule has 1 rings (SSSR count). The summed E-state index contributed by atoms with van der Waals surface area (Å²) in [5, 5.41) is 0. The molecule has 0 N–H and O–H groups in total. The third-order valence-electron chi connectivity index (χ3n) is 2.29. The molecule has 0 aliphatic heterocycles. The maximum atomic E-state index is 3.48. The van der Waals surface area contributed by atoms with E-state index in [4.69, 9.17) is 0 Å². The van der Waals surface area contributed by atoms with Gasteiger partial charge in [0.15, 0.2) is 0 Å². The normalized spacial score (nSPS) is 10.4. The van der Waals surface area contributed by atoms with Crippen molar-refractivity contribution in [1.29, 1.82) is 0 Å². The second-order valence-corrected chi connectivity index (χ2v) is 4.52. The molecule has 0 saturated carbocycles. The molecule has 0 nitrogen and oxygen atoms in total. The van der Waals surface area contributed by atoms with Gasteiger partial charge in [-0.15, -0.1) is 6.07 Å². The lowest BCUT2D eigenvalue weighted by Gasteiger charge is -2.15. The zero-order valence-electron chi connectivity index (χ0n) is 8.80. The molecule has 0 bridgehead atoms. The predicted molar refractivity (Wildman–Crippen MR) is 68.5 cm³/mol. The van der Waals surface area contributed by atoms with Crippen LogP contribution in [0.15, 0.2) is 28.7 Å². The van der Waals surface area contributed by atoms with Gasteiger partial charge in [0, 0.05) is 4.47 Å². The first kappa shape index (κ1) is 11.8. The molecule has 1 aromatic rings. The molecule has 0 amide bonds. The second kappa shape index (κ2) is 7.11. The molecule has 14 heavy (non-hydrogen) atoms. The quantitative estimate of drug-likeness (QED) is 0.533. The minimum Gasteiger partial charge on any atom is -0.297 e. The van der Waals surface area contributed by atoms with Gasteiger partial charge in [0.2, 0.25) is 0 Å². The van der Waals surface area contributed by atoms with Gasteiger partial charge in [0.05, 0.1) is 0 Å². The van der Waals surface area contributed by atoms with E-state index in [-0.39, 0.29) is 0 Å². The van der Waals surface area contributed by atoms with Crippen molar-refractivity contribution in [2.75, 3.05) is 0 Å². The Morgan fingerprint density at radius 3 is 2.79 bits per heavy atom. The van der Waals surface area contributed by atoms with Crippen LogP contribution in [0.5, 0.6) is 0 Å². The van der Waals surface area contributed by atoms with Crippen LogP contribution in [0.2, 0.25) is 6.32 Å². The van der Waals surface area contributed by atoms with Gasteiger partial charge in [-0.3, -0.25) is 12.7 Å². The molecule has 0 aliphatic carbocycles. The summed E-state index contributed by atoms with van der Waals surface area (Å²) in [6.45, 7) is 2.25. The van der Waals surface area contributed by atoms with Crippen LogP contribution in [-0.2, 0) is 0 Å². The van der Waals surface area contributed by atoms with Crippen LogP contribution in [0.1, 0.15) is 32.6 Å². The fourth-order valence-corrected chi connectivity index (χ4v) is 1.89. The topological polar surface area (TPSA) is 0 Å². The van der Waals surface area contributed by atoms with E-state index in [9.17, 15) is 0 Å². The highest BCUT2D eigenvalue weighted by Crippen LogP contribution is 2.06. The fourth-order valence-electron chi connectivity index (χ4n) is 1.47. The van der Waals surface area contributed by atoms with Crippen molar-refractivity contribution in [3.63, 3.8) is 0 Å². The van der Waals surface area contributed by atoms with E-state index < -0.39 is 0 Å². The van der Waals surface area contributed by atoms with Gasteiger partial charge in [0.1, 0.15) is 0 Å². The summed E-state index contributed by atoms with van der Waals surface area (Å²) in [6.07, 6.45) is 6.57. The van der Waals surface area contributed by atoms with Crippen molar-refractivity contribution >= 4 is 28.7 Å². The first-order valence-electron chi connectivity index (χ1n) is 5.41. The summed E-state index contributed by atoms with van der Waals surface area (Å²) in [4.78, 5) is 0. The van der Waals surface area contributed by atoms with Crippen molar-refractivity contribution in [3.8, 4) is 0 Å². The molecule has 0 unspecified atom stereocenters. The van der Waals surface area contributed by atoms with Gasteiger partial charge >= 0.3 is 0 Å². The molecule has 0 fully saturated rings. The van der Waals surface area contributed by atoms with Gasteiger partial charge in [-0.1, -0.05) is 60.7 Å². The van der Waals surface area contributed by atoms with Crippen molar-refractivity contribution in [2.24, 2.45) is 0 Å². The zero-order valence-corrected chi connectivity index (χ0v) is 10.4. The van der Waals surface area contributed by atoms with E-state index in [0.29, 0.717) is 0 Å². The highest BCUT2D eigenvalue weighted by atomic mass is 79.9. The summed E-state index contributed by atoms with van der Waals surface area (Å²) >= 11 is 3.48. The Kier molecular flexibility index (Phi) is 6.01. The maximum absolute atomic E-state index is 3.48. The lowest BCUT2D eigenvalue weighted by atomic mass is 9.66. The zero-order chi connectivity index (χ0) is 10.2. The smallest absolute Gasteiger partial charge is 0.0141 e. The molecular formula is C12H17BBr-. The third-order valence-corrected chi connectivity index (χ3v) is 2.78. The third kappa shape index (κ3) is 4.85. The second-order valence-electron chi connectivity index (χ2n) is 3.61. The molecule has 2 radical (unpaired) electrons. The van der Waals surface area contributed by atoms with Crippen LogP contribution < -0.4 is 5.46 Å². The van der Waals surface area contributed by atoms with Crippen molar-refractivity contribution in [1.82, 2.24) is 0 Å². The van der Waals surface area contributed by atoms with Crippen molar-refractivity contribution in [3.05, 3.63) is 28.7 Å². The first-order valence-corrected chi connectivity index (χ1v) is 6.21. The Bertz CT molecular complexity index is 260. The summed E-state index contributed by atoms with van der Waals surface area (Å²) in [5.41, 5.74) is 1.33. The van der Waals surface area contributed by atoms with Crippen LogP contribution >= 0.6 is 15.9 Å². The van der Waals surface area contributed by atoms with Crippen molar-refractivity contribution in [2.45, 2.75) is 38.9 Å². The average molecular weight is 252 g/mol. The molecule has 0 aliphatic rings. The van der Waals surface area contributed by atoms with E-state index in [0.717, 1.165) is 0 Å². The molecular weight excluding hydrogens is 235 g/mol. The van der Waals surface area contributed by atoms with Gasteiger partial charge in [-0.2, -0.15) is 0 Å². The highest BCUT2D eigenvalue weighted by Gasteiger charge is 1.84. The first-order chi connectivity index (χ1) is 6.83. The van der Waals surface area contributed by atoms with Crippen LogP contribution in [0.3, 0.4) is 0 Å². The van der Waals surface area contributed by atoms with Crippen LogP contribution in [0.25, 0.3) is 0 Å². The molecule has 0 spiro atoms. The Morgan fingerprint density at radius 2 is 2.07 bits per heavy atom. The minimum absolute atomic E-state index is 1.17. The van der Waals surface area contributed by atoms with E-state index in [1.54, 1.807) is 0 Å². The Balaban J connectivity index is 2.18. The molecule has 0 aromatic heterocycles. The average Bonchev–Trinajstić information content (AvgIpc) is 2.18. The van der Waals surface area contributed by atoms with Crippen LogP contribution in [0, 0.1) is 0 Å². The largest absolute Gasteiger partial charge is 0.297 e. The molecule has 1 aromatic carbocycles. The van der Waals surface area contributed by atoms with E-state index in [2.05, 4.69) is 54.4 Å². The summed E-state index contributed by atoms with van der Waals surface area (Å²) in [5.74, 6) is 0. The number of benzene rings is 1. The Labute approximate surface area is 96.5 Å².